The quantitative estimate of drug-likeness (QED) is 0.836. The maximum atomic E-state index is 13.0. The Kier molecular flexibility index (Phi) is 5.68. The summed E-state index contributed by atoms with van der Waals surface area (Å²) < 4.78 is 26.2. The Morgan fingerprint density at radius 3 is 2.32 bits per heavy atom. The highest BCUT2D eigenvalue weighted by molar-refractivity contribution is 7.89. The standard InChI is InChI=1S/C20H22N4O3S/c1-23(2)28(26,27)17-9-10-19(24-11-3-4-12-24)18(13-17)20(25)22-16-7-5-15(14-21)6-8-16/h5-10,13H,3-4,11-12H2,1-2H3,(H,22,25). The average molecular weight is 398 g/mol. The number of anilines is 2. The van der Waals surface area contributed by atoms with E-state index in [0.29, 0.717) is 16.8 Å². The SMILES string of the molecule is CN(C)S(=O)(=O)c1ccc(N2CCCC2)c(C(=O)Nc2ccc(C#N)cc2)c1. The maximum Gasteiger partial charge on any atom is 0.257 e. The highest BCUT2D eigenvalue weighted by Crippen LogP contribution is 2.29. The molecule has 0 spiro atoms. The Balaban J connectivity index is 1.99. The van der Waals surface area contributed by atoms with Crippen LogP contribution < -0.4 is 10.2 Å². The molecule has 2 aromatic carbocycles. The maximum absolute atomic E-state index is 13.0. The number of rotatable bonds is 5. The first-order chi connectivity index (χ1) is 13.3. The third-order valence-electron chi connectivity index (χ3n) is 4.71. The average Bonchev–Trinajstić information content (AvgIpc) is 3.22. The van der Waals surface area contributed by atoms with Gasteiger partial charge < -0.3 is 10.2 Å². The molecular formula is C20H22N4O3S. The second kappa shape index (κ2) is 8.00. The van der Waals surface area contributed by atoms with Gasteiger partial charge >= 0.3 is 0 Å². The van der Waals surface area contributed by atoms with Crippen LogP contribution in [0.4, 0.5) is 11.4 Å². The fourth-order valence-corrected chi connectivity index (χ4v) is 4.06. The fourth-order valence-electron chi connectivity index (χ4n) is 3.13. The summed E-state index contributed by atoms with van der Waals surface area (Å²) >= 11 is 0. The van der Waals surface area contributed by atoms with Crippen molar-refractivity contribution < 1.29 is 13.2 Å². The molecule has 3 rings (SSSR count). The second-order valence-corrected chi connectivity index (χ2v) is 8.96. The van der Waals surface area contributed by atoms with Crippen LogP contribution in [0.2, 0.25) is 0 Å². The summed E-state index contributed by atoms with van der Waals surface area (Å²) in [5, 5.41) is 11.7. The van der Waals surface area contributed by atoms with Crippen molar-refractivity contribution >= 4 is 27.3 Å². The van der Waals surface area contributed by atoms with E-state index in [2.05, 4.69) is 10.2 Å². The molecule has 146 valence electrons. The zero-order valence-electron chi connectivity index (χ0n) is 15.8. The lowest BCUT2D eigenvalue weighted by atomic mass is 10.1. The van der Waals surface area contributed by atoms with E-state index >= 15 is 0 Å². The van der Waals surface area contributed by atoms with Crippen LogP contribution in [0.25, 0.3) is 0 Å². The summed E-state index contributed by atoms with van der Waals surface area (Å²) in [6.07, 6.45) is 2.07. The number of hydrogen-bond donors (Lipinski definition) is 1. The molecule has 2 aromatic rings. The van der Waals surface area contributed by atoms with Gasteiger partial charge in [-0.2, -0.15) is 5.26 Å². The summed E-state index contributed by atoms with van der Waals surface area (Å²) in [5.41, 5.74) is 2.07. The van der Waals surface area contributed by atoms with E-state index in [-0.39, 0.29) is 10.8 Å². The van der Waals surface area contributed by atoms with Gasteiger partial charge in [-0.05, 0) is 55.3 Å². The molecule has 1 saturated heterocycles. The van der Waals surface area contributed by atoms with Crippen molar-refractivity contribution in [3.8, 4) is 6.07 Å². The van der Waals surface area contributed by atoms with E-state index in [0.717, 1.165) is 35.9 Å². The molecule has 0 aliphatic carbocycles. The van der Waals surface area contributed by atoms with Gasteiger partial charge in [0.15, 0.2) is 0 Å². The van der Waals surface area contributed by atoms with Crippen molar-refractivity contribution in [1.82, 2.24) is 4.31 Å². The minimum Gasteiger partial charge on any atom is -0.371 e. The number of sulfonamides is 1. The van der Waals surface area contributed by atoms with Gasteiger partial charge in [0, 0.05) is 38.6 Å². The molecule has 1 aliphatic heterocycles. The van der Waals surface area contributed by atoms with Crippen molar-refractivity contribution in [2.75, 3.05) is 37.4 Å². The number of amides is 1. The van der Waals surface area contributed by atoms with Crippen LogP contribution >= 0.6 is 0 Å². The summed E-state index contributed by atoms with van der Waals surface area (Å²) in [7, 11) is -0.739. The molecule has 0 unspecified atom stereocenters. The Bertz CT molecular complexity index is 1020. The Hall–Kier alpha value is -2.89. The minimum atomic E-state index is -3.66. The molecule has 28 heavy (non-hydrogen) atoms. The smallest absolute Gasteiger partial charge is 0.257 e. The summed E-state index contributed by atoms with van der Waals surface area (Å²) in [6, 6.07) is 13.2. The lowest BCUT2D eigenvalue weighted by molar-refractivity contribution is 0.102. The van der Waals surface area contributed by atoms with E-state index < -0.39 is 10.0 Å². The number of carbonyl (C=O) groups is 1. The van der Waals surface area contributed by atoms with Crippen LogP contribution in [-0.2, 0) is 10.0 Å². The number of benzene rings is 2. The normalized spacial score (nSPS) is 14.1. The van der Waals surface area contributed by atoms with E-state index in [1.807, 2.05) is 6.07 Å². The van der Waals surface area contributed by atoms with Gasteiger partial charge in [0.05, 0.1) is 22.1 Å². The first-order valence-corrected chi connectivity index (χ1v) is 10.4. The van der Waals surface area contributed by atoms with Crippen molar-refractivity contribution in [2.24, 2.45) is 0 Å². The molecule has 0 radical (unpaired) electrons. The van der Waals surface area contributed by atoms with E-state index in [1.165, 1.54) is 20.2 Å². The Labute approximate surface area is 165 Å². The Morgan fingerprint density at radius 2 is 1.75 bits per heavy atom. The molecule has 1 amide bonds. The number of carbonyl (C=O) groups excluding carboxylic acids is 1. The van der Waals surface area contributed by atoms with Crippen LogP contribution in [0.1, 0.15) is 28.8 Å². The summed E-state index contributed by atoms with van der Waals surface area (Å²) in [6.45, 7) is 1.66. The summed E-state index contributed by atoms with van der Waals surface area (Å²) in [5.74, 6) is -0.387. The van der Waals surface area contributed by atoms with Gasteiger partial charge in [0.25, 0.3) is 5.91 Å². The molecule has 1 fully saturated rings. The molecule has 0 saturated carbocycles. The number of hydrogen-bond acceptors (Lipinski definition) is 5. The molecule has 7 nitrogen and oxygen atoms in total. The number of nitrogens with zero attached hydrogens (tertiary/aromatic N) is 3. The van der Waals surface area contributed by atoms with Gasteiger partial charge in [-0.3, -0.25) is 4.79 Å². The monoisotopic (exact) mass is 398 g/mol. The topological polar surface area (TPSA) is 93.5 Å². The summed E-state index contributed by atoms with van der Waals surface area (Å²) in [4.78, 5) is 15.2. The number of nitrogens with one attached hydrogen (secondary N) is 1. The molecular weight excluding hydrogens is 376 g/mol. The van der Waals surface area contributed by atoms with Crippen molar-refractivity contribution in [3.63, 3.8) is 0 Å². The third kappa shape index (κ3) is 4.01. The molecule has 1 heterocycles. The fraction of sp³-hybridized carbons (Fsp3) is 0.300. The predicted molar refractivity (Wildman–Crippen MR) is 108 cm³/mol. The van der Waals surface area contributed by atoms with Gasteiger partial charge in [0.2, 0.25) is 10.0 Å². The molecule has 1 N–H and O–H groups in total. The number of nitriles is 1. The van der Waals surface area contributed by atoms with Gasteiger partial charge in [-0.1, -0.05) is 0 Å². The zero-order chi connectivity index (χ0) is 20.3. The lowest BCUT2D eigenvalue weighted by Gasteiger charge is -2.22. The van der Waals surface area contributed by atoms with E-state index in [9.17, 15) is 13.2 Å². The van der Waals surface area contributed by atoms with Crippen LogP contribution in [0, 0.1) is 11.3 Å². The first-order valence-electron chi connectivity index (χ1n) is 8.96. The molecule has 0 atom stereocenters. The second-order valence-electron chi connectivity index (χ2n) is 6.80. The largest absolute Gasteiger partial charge is 0.371 e. The van der Waals surface area contributed by atoms with Crippen LogP contribution in [0.3, 0.4) is 0 Å². The molecule has 0 aromatic heterocycles. The van der Waals surface area contributed by atoms with Crippen LogP contribution in [-0.4, -0.2) is 45.8 Å². The Morgan fingerprint density at radius 1 is 1.11 bits per heavy atom. The lowest BCUT2D eigenvalue weighted by Crippen LogP contribution is -2.25. The first kappa shape index (κ1) is 19.9. The van der Waals surface area contributed by atoms with Crippen molar-refractivity contribution in [1.29, 1.82) is 5.26 Å². The van der Waals surface area contributed by atoms with Crippen molar-refractivity contribution in [2.45, 2.75) is 17.7 Å². The minimum absolute atomic E-state index is 0.0745. The van der Waals surface area contributed by atoms with E-state index in [4.69, 9.17) is 5.26 Å². The molecule has 8 heteroatoms. The van der Waals surface area contributed by atoms with Gasteiger partial charge in [-0.15, -0.1) is 0 Å². The van der Waals surface area contributed by atoms with Gasteiger partial charge in [-0.25, -0.2) is 12.7 Å². The van der Waals surface area contributed by atoms with Crippen LogP contribution in [0.15, 0.2) is 47.4 Å². The zero-order valence-corrected chi connectivity index (χ0v) is 16.7. The van der Waals surface area contributed by atoms with E-state index in [1.54, 1.807) is 36.4 Å². The van der Waals surface area contributed by atoms with Gasteiger partial charge in [0.1, 0.15) is 0 Å². The predicted octanol–water partition coefficient (Wildman–Crippen LogP) is 2.66. The highest BCUT2D eigenvalue weighted by atomic mass is 32.2. The van der Waals surface area contributed by atoms with Crippen molar-refractivity contribution in [3.05, 3.63) is 53.6 Å². The molecule has 1 aliphatic rings. The highest BCUT2D eigenvalue weighted by Gasteiger charge is 2.24. The van der Waals surface area contributed by atoms with Crippen LogP contribution in [0.5, 0.6) is 0 Å². The third-order valence-corrected chi connectivity index (χ3v) is 6.52. The molecule has 0 bridgehead atoms.